The zero-order chi connectivity index (χ0) is 17.2. The first-order chi connectivity index (χ1) is 11.4. The van der Waals surface area contributed by atoms with E-state index in [9.17, 15) is 8.42 Å². The largest absolute Gasteiger partial charge is 0.241 e. The molecule has 0 saturated carbocycles. The molecule has 0 bridgehead atoms. The second kappa shape index (κ2) is 6.84. The topological polar surface area (TPSA) is 59.1 Å². The van der Waals surface area contributed by atoms with Gasteiger partial charge in [0, 0.05) is 23.2 Å². The predicted octanol–water partition coefficient (Wildman–Crippen LogP) is 3.91. The Bertz CT molecular complexity index is 945. The molecule has 0 aliphatic carbocycles. The van der Waals surface area contributed by atoms with Crippen molar-refractivity contribution in [1.29, 1.82) is 0 Å². The number of hydrogen-bond donors (Lipinski definition) is 1. The lowest BCUT2D eigenvalue weighted by molar-refractivity contribution is 0.581. The van der Waals surface area contributed by atoms with Crippen molar-refractivity contribution in [2.45, 2.75) is 25.3 Å². The van der Waals surface area contributed by atoms with Crippen LogP contribution < -0.4 is 4.72 Å². The number of rotatable bonds is 5. The molecule has 6 heteroatoms. The molecule has 1 heterocycles. The Morgan fingerprint density at radius 3 is 2.50 bits per heavy atom. The number of benzene rings is 2. The van der Waals surface area contributed by atoms with Gasteiger partial charge in [-0.15, -0.1) is 11.3 Å². The average molecular weight is 358 g/mol. The Morgan fingerprint density at radius 2 is 1.83 bits per heavy atom. The third kappa shape index (κ3) is 3.90. The summed E-state index contributed by atoms with van der Waals surface area (Å²) in [7, 11) is -3.51. The normalized spacial score (nSPS) is 11.6. The number of hydrogen-bond acceptors (Lipinski definition) is 4. The van der Waals surface area contributed by atoms with Crippen molar-refractivity contribution in [3.8, 4) is 10.6 Å². The van der Waals surface area contributed by atoms with Crippen LogP contribution in [0, 0.1) is 13.8 Å². The maximum Gasteiger partial charge on any atom is 0.240 e. The molecule has 124 valence electrons. The number of aryl methyl sites for hydroxylation is 2. The van der Waals surface area contributed by atoms with Gasteiger partial charge in [0.2, 0.25) is 10.0 Å². The second-order valence-electron chi connectivity index (χ2n) is 5.63. The van der Waals surface area contributed by atoms with Crippen LogP contribution in [0.1, 0.15) is 16.8 Å². The molecule has 0 spiro atoms. The van der Waals surface area contributed by atoms with Crippen molar-refractivity contribution < 1.29 is 8.42 Å². The Balaban J connectivity index is 1.76. The van der Waals surface area contributed by atoms with Crippen LogP contribution in [0.15, 0.2) is 58.8 Å². The number of thiazole rings is 1. The van der Waals surface area contributed by atoms with Crippen LogP contribution in [-0.2, 0) is 16.6 Å². The summed E-state index contributed by atoms with van der Waals surface area (Å²) < 4.78 is 27.4. The van der Waals surface area contributed by atoms with Crippen LogP contribution in [0.2, 0.25) is 0 Å². The fourth-order valence-corrected chi connectivity index (χ4v) is 4.09. The van der Waals surface area contributed by atoms with Gasteiger partial charge in [-0.3, -0.25) is 0 Å². The van der Waals surface area contributed by atoms with Gasteiger partial charge < -0.3 is 0 Å². The fourth-order valence-electron chi connectivity index (χ4n) is 2.28. The molecule has 3 aromatic rings. The van der Waals surface area contributed by atoms with E-state index >= 15 is 0 Å². The van der Waals surface area contributed by atoms with Gasteiger partial charge in [0.15, 0.2) is 0 Å². The van der Waals surface area contributed by atoms with Crippen LogP contribution >= 0.6 is 11.3 Å². The highest BCUT2D eigenvalue weighted by Gasteiger charge is 2.13. The summed E-state index contributed by atoms with van der Waals surface area (Å²) in [5.74, 6) is 0. The summed E-state index contributed by atoms with van der Waals surface area (Å²) in [4.78, 5) is 4.74. The smallest absolute Gasteiger partial charge is 0.240 e. The van der Waals surface area contributed by atoms with E-state index < -0.39 is 10.0 Å². The molecular formula is C18H18N2O2S2. The van der Waals surface area contributed by atoms with Gasteiger partial charge in [0.1, 0.15) is 5.01 Å². The molecule has 0 unspecified atom stereocenters. The van der Waals surface area contributed by atoms with Crippen molar-refractivity contribution in [3.05, 3.63) is 70.7 Å². The first kappa shape index (κ1) is 16.8. The zero-order valence-corrected chi connectivity index (χ0v) is 15.1. The van der Waals surface area contributed by atoms with Gasteiger partial charge in [-0.25, -0.2) is 18.1 Å². The van der Waals surface area contributed by atoms with Crippen molar-refractivity contribution in [1.82, 2.24) is 9.71 Å². The molecule has 0 amide bonds. The minimum absolute atomic E-state index is 0.244. The lowest BCUT2D eigenvalue weighted by Crippen LogP contribution is -2.23. The van der Waals surface area contributed by atoms with Crippen LogP contribution in [0.3, 0.4) is 0 Å². The van der Waals surface area contributed by atoms with Gasteiger partial charge in [0.25, 0.3) is 0 Å². The molecule has 3 rings (SSSR count). The number of nitrogens with zero attached hydrogens (tertiary/aromatic N) is 1. The monoisotopic (exact) mass is 358 g/mol. The number of sulfonamides is 1. The van der Waals surface area contributed by atoms with Crippen LogP contribution in [0.4, 0.5) is 0 Å². The summed E-state index contributed by atoms with van der Waals surface area (Å²) >= 11 is 1.58. The van der Waals surface area contributed by atoms with Crippen molar-refractivity contribution in [2.75, 3.05) is 0 Å². The minimum Gasteiger partial charge on any atom is -0.241 e. The van der Waals surface area contributed by atoms with Gasteiger partial charge in [-0.1, -0.05) is 35.9 Å². The highest BCUT2D eigenvalue weighted by molar-refractivity contribution is 7.89. The summed E-state index contributed by atoms with van der Waals surface area (Å²) in [6.07, 6.45) is 0. The molecule has 2 aromatic carbocycles. The quantitative estimate of drug-likeness (QED) is 0.752. The van der Waals surface area contributed by atoms with E-state index in [1.165, 1.54) is 0 Å². The summed E-state index contributed by atoms with van der Waals surface area (Å²) in [5, 5.41) is 2.94. The molecule has 1 aromatic heterocycles. The van der Waals surface area contributed by atoms with Crippen LogP contribution in [0.5, 0.6) is 0 Å². The lowest BCUT2D eigenvalue weighted by Gasteiger charge is -2.08. The van der Waals surface area contributed by atoms with Crippen molar-refractivity contribution in [2.24, 2.45) is 0 Å². The molecule has 4 nitrogen and oxygen atoms in total. The fraction of sp³-hybridized carbons (Fsp3) is 0.167. The molecule has 0 atom stereocenters. The zero-order valence-electron chi connectivity index (χ0n) is 13.5. The maximum atomic E-state index is 12.4. The number of nitrogens with one attached hydrogen (secondary N) is 1. The highest BCUT2D eigenvalue weighted by atomic mass is 32.2. The van der Waals surface area contributed by atoms with Gasteiger partial charge in [-0.2, -0.15) is 0 Å². The first-order valence-corrected chi connectivity index (χ1v) is 9.88. The van der Waals surface area contributed by atoms with Crippen LogP contribution in [-0.4, -0.2) is 13.4 Å². The van der Waals surface area contributed by atoms with E-state index in [1.54, 1.807) is 35.6 Å². The Morgan fingerprint density at radius 1 is 1.08 bits per heavy atom. The Kier molecular flexibility index (Phi) is 4.80. The van der Waals surface area contributed by atoms with Crippen LogP contribution in [0.25, 0.3) is 10.6 Å². The van der Waals surface area contributed by atoms with E-state index in [0.29, 0.717) is 0 Å². The molecule has 0 aliphatic rings. The van der Waals surface area contributed by atoms with E-state index in [1.807, 2.05) is 43.5 Å². The molecule has 0 saturated heterocycles. The van der Waals surface area contributed by atoms with Crippen molar-refractivity contribution in [3.63, 3.8) is 0 Å². The molecule has 0 aliphatic heterocycles. The predicted molar refractivity (Wildman–Crippen MR) is 97.5 cm³/mol. The minimum atomic E-state index is -3.51. The summed E-state index contributed by atoms with van der Waals surface area (Å²) in [5.41, 5.74) is 3.91. The highest BCUT2D eigenvalue weighted by Crippen LogP contribution is 2.24. The Hall–Kier alpha value is -2.02. The molecule has 0 fully saturated rings. The lowest BCUT2D eigenvalue weighted by atomic mass is 10.1. The Labute approximate surface area is 146 Å². The molecular weight excluding hydrogens is 340 g/mol. The number of aromatic nitrogens is 1. The van der Waals surface area contributed by atoms with Gasteiger partial charge in [0.05, 0.1) is 4.90 Å². The second-order valence-corrected chi connectivity index (χ2v) is 8.26. The van der Waals surface area contributed by atoms with E-state index in [0.717, 1.165) is 27.4 Å². The van der Waals surface area contributed by atoms with E-state index in [4.69, 9.17) is 0 Å². The van der Waals surface area contributed by atoms with E-state index in [2.05, 4.69) is 9.71 Å². The molecule has 1 N–H and O–H groups in total. The molecule has 24 heavy (non-hydrogen) atoms. The maximum absolute atomic E-state index is 12.4. The standard InChI is InChI=1S/C18H18N2O2S2/c1-13-6-8-17(9-7-13)24(21,22)19-11-15-4-3-5-16(10-15)18-20-14(2)12-23-18/h3-10,12,19H,11H2,1-2H3. The summed E-state index contributed by atoms with van der Waals surface area (Å²) in [6.45, 7) is 4.13. The first-order valence-electron chi connectivity index (χ1n) is 7.52. The SMILES string of the molecule is Cc1ccc(S(=O)(=O)NCc2cccc(-c3nc(C)cs3)c2)cc1. The van der Waals surface area contributed by atoms with Gasteiger partial charge in [-0.05, 0) is 37.6 Å². The third-order valence-electron chi connectivity index (χ3n) is 3.59. The summed E-state index contributed by atoms with van der Waals surface area (Å²) in [6, 6.07) is 14.6. The van der Waals surface area contributed by atoms with Crippen molar-refractivity contribution >= 4 is 21.4 Å². The van der Waals surface area contributed by atoms with Gasteiger partial charge >= 0.3 is 0 Å². The van der Waals surface area contributed by atoms with E-state index in [-0.39, 0.29) is 11.4 Å². The molecule has 0 radical (unpaired) electrons. The average Bonchev–Trinajstić information content (AvgIpc) is 3.00. The third-order valence-corrected chi connectivity index (χ3v) is 6.02.